The number of hydrogen-bond donors (Lipinski definition) is 1. The molecule has 2 rings (SSSR count). The summed E-state index contributed by atoms with van der Waals surface area (Å²) in [5.74, 6) is 1.04. The fourth-order valence-corrected chi connectivity index (χ4v) is 2.12. The highest BCUT2D eigenvalue weighted by molar-refractivity contribution is 6.28. The van der Waals surface area contributed by atoms with Crippen molar-refractivity contribution >= 4 is 23.5 Å². The van der Waals surface area contributed by atoms with Crippen LogP contribution >= 0.6 is 11.6 Å². The molecule has 6 nitrogen and oxygen atoms in total. The molecule has 1 atom stereocenters. The predicted octanol–water partition coefficient (Wildman–Crippen LogP) is 1.57. The highest BCUT2D eigenvalue weighted by Gasteiger charge is 2.18. The maximum atomic E-state index is 5.86. The van der Waals surface area contributed by atoms with Crippen LogP contribution in [0.3, 0.4) is 0 Å². The fourth-order valence-electron chi connectivity index (χ4n) is 1.96. The van der Waals surface area contributed by atoms with Gasteiger partial charge >= 0.3 is 0 Å². The average molecular weight is 272 g/mol. The topological polar surface area (TPSA) is 63.2 Å². The zero-order valence-electron chi connectivity index (χ0n) is 10.7. The van der Waals surface area contributed by atoms with Crippen molar-refractivity contribution in [3.05, 3.63) is 5.28 Å². The van der Waals surface area contributed by atoms with Gasteiger partial charge in [-0.05, 0) is 30.9 Å². The van der Waals surface area contributed by atoms with Gasteiger partial charge in [0.25, 0.3) is 0 Å². The minimum Gasteiger partial charge on any atom is -0.376 e. The van der Waals surface area contributed by atoms with Crippen LogP contribution in [-0.2, 0) is 4.74 Å². The van der Waals surface area contributed by atoms with Crippen molar-refractivity contribution in [3.8, 4) is 0 Å². The molecule has 0 amide bonds. The van der Waals surface area contributed by atoms with Crippen molar-refractivity contribution < 1.29 is 4.74 Å². The third kappa shape index (κ3) is 3.43. The quantitative estimate of drug-likeness (QED) is 0.897. The van der Waals surface area contributed by atoms with Crippen molar-refractivity contribution in [2.24, 2.45) is 0 Å². The number of hydrogen-bond acceptors (Lipinski definition) is 6. The molecule has 1 unspecified atom stereocenters. The van der Waals surface area contributed by atoms with Crippen LogP contribution in [0.15, 0.2) is 0 Å². The maximum absolute atomic E-state index is 5.86. The molecule has 18 heavy (non-hydrogen) atoms. The van der Waals surface area contributed by atoms with Crippen molar-refractivity contribution in [1.29, 1.82) is 0 Å². The van der Waals surface area contributed by atoms with Crippen LogP contribution in [0.2, 0.25) is 5.28 Å². The van der Waals surface area contributed by atoms with Crippen molar-refractivity contribution in [2.75, 3.05) is 37.5 Å². The van der Waals surface area contributed by atoms with Gasteiger partial charge in [0.2, 0.25) is 17.2 Å². The summed E-state index contributed by atoms with van der Waals surface area (Å²) in [5, 5.41) is 3.06. The number of likely N-dealkylation sites (N-methyl/N-ethyl adjacent to an activating group) is 1. The lowest BCUT2D eigenvalue weighted by Gasteiger charge is -2.27. The van der Waals surface area contributed by atoms with Gasteiger partial charge in [-0.1, -0.05) is 0 Å². The second-order valence-electron chi connectivity index (χ2n) is 4.35. The summed E-state index contributed by atoms with van der Waals surface area (Å²) in [7, 11) is 3.68. The molecule has 1 N–H and O–H groups in total. The van der Waals surface area contributed by atoms with Gasteiger partial charge in [0, 0.05) is 27.2 Å². The normalized spacial score (nSPS) is 19.6. The Morgan fingerprint density at radius 2 is 2.22 bits per heavy atom. The average Bonchev–Trinajstić information content (AvgIpc) is 2.39. The summed E-state index contributed by atoms with van der Waals surface area (Å²) >= 11 is 5.86. The monoisotopic (exact) mass is 271 g/mol. The van der Waals surface area contributed by atoms with E-state index in [4.69, 9.17) is 16.3 Å². The van der Waals surface area contributed by atoms with Gasteiger partial charge in [-0.25, -0.2) is 0 Å². The molecular weight excluding hydrogens is 254 g/mol. The van der Waals surface area contributed by atoms with E-state index in [0.29, 0.717) is 11.9 Å². The van der Waals surface area contributed by atoms with Gasteiger partial charge < -0.3 is 15.0 Å². The van der Waals surface area contributed by atoms with Crippen molar-refractivity contribution in [2.45, 2.75) is 25.4 Å². The Labute approximate surface area is 112 Å². The Morgan fingerprint density at radius 3 is 2.89 bits per heavy atom. The van der Waals surface area contributed by atoms with Crippen LogP contribution in [0.4, 0.5) is 11.9 Å². The fraction of sp³-hybridized carbons (Fsp3) is 0.727. The summed E-state index contributed by atoms with van der Waals surface area (Å²) < 4.78 is 5.70. The predicted molar refractivity (Wildman–Crippen MR) is 71.2 cm³/mol. The van der Waals surface area contributed by atoms with Gasteiger partial charge in [0.05, 0.1) is 6.10 Å². The number of anilines is 2. The third-order valence-corrected chi connectivity index (χ3v) is 3.08. The van der Waals surface area contributed by atoms with Crippen LogP contribution in [0, 0.1) is 0 Å². The Balaban J connectivity index is 2.02. The maximum Gasteiger partial charge on any atom is 0.231 e. The Bertz CT molecular complexity index is 397. The third-order valence-electron chi connectivity index (χ3n) is 2.91. The minimum absolute atomic E-state index is 0.195. The van der Waals surface area contributed by atoms with E-state index in [-0.39, 0.29) is 11.4 Å². The van der Waals surface area contributed by atoms with Crippen LogP contribution in [0.1, 0.15) is 19.3 Å². The standard InChI is InChI=1S/C11H18ClN5O/c1-13-10-14-9(12)15-11(16-10)17(2)7-8-5-3-4-6-18-8/h8H,3-7H2,1-2H3,(H,13,14,15,16). The summed E-state index contributed by atoms with van der Waals surface area (Å²) in [6.45, 7) is 1.61. The molecule has 0 spiro atoms. The molecule has 100 valence electrons. The summed E-state index contributed by atoms with van der Waals surface area (Å²) in [5.41, 5.74) is 0. The largest absolute Gasteiger partial charge is 0.376 e. The van der Waals surface area contributed by atoms with E-state index in [1.165, 1.54) is 6.42 Å². The highest BCUT2D eigenvalue weighted by Crippen LogP contribution is 2.17. The number of ether oxygens (including phenoxy) is 1. The van der Waals surface area contributed by atoms with Crippen LogP contribution in [0.25, 0.3) is 0 Å². The molecule has 0 radical (unpaired) electrons. The second kappa shape index (κ2) is 6.15. The van der Waals surface area contributed by atoms with Gasteiger partial charge in [0.1, 0.15) is 0 Å². The number of nitrogens with one attached hydrogen (secondary N) is 1. The first-order chi connectivity index (χ1) is 8.69. The van der Waals surface area contributed by atoms with E-state index in [0.717, 1.165) is 26.0 Å². The van der Waals surface area contributed by atoms with Crippen LogP contribution < -0.4 is 10.2 Å². The first kappa shape index (κ1) is 13.3. The number of aromatic nitrogens is 3. The minimum atomic E-state index is 0.195. The Morgan fingerprint density at radius 1 is 1.39 bits per heavy atom. The Hall–Kier alpha value is -1.14. The van der Waals surface area contributed by atoms with Gasteiger partial charge in [-0.2, -0.15) is 15.0 Å². The molecule has 1 aliphatic heterocycles. The zero-order valence-corrected chi connectivity index (χ0v) is 11.4. The SMILES string of the molecule is CNc1nc(Cl)nc(N(C)CC2CCCCO2)n1. The summed E-state index contributed by atoms with van der Waals surface area (Å²) in [6.07, 6.45) is 3.71. The van der Waals surface area contributed by atoms with Crippen molar-refractivity contribution in [1.82, 2.24) is 15.0 Å². The lowest BCUT2D eigenvalue weighted by atomic mass is 10.1. The van der Waals surface area contributed by atoms with Gasteiger partial charge in [-0.3, -0.25) is 0 Å². The number of nitrogens with zero attached hydrogens (tertiary/aromatic N) is 4. The molecule has 1 fully saturated rings. The molecule has 0 saturated carbocycles. The zero-order chi connectivity index (χ0) is 13.0. The Kier molecular flexibility index (Phi) is 4.54. The molecule has 7 heteroatoms. The first-order valence-electron chi connectivity index (χ1n) is 6.11. The molecule has 1 aromatic heterocycles. The molecular formula is C11H18ClN5O. The summed E-state index contributed by atoms with van der Waals surface area (Å²) in [4.78, 5) is 14.3. The second-order valence-corrected chi connectivity index (χ2v) is 4.69. The number of rotatable bonds is 4. The van der Waals surface area contributed by atoms with E-state index < -0.39 is 0 Å². The molecule has 1 aromatic rings. The lowest BCUT2D eigenvalue weighted by Crippen LogP contribution is -2.34. The summed E-state index contributed by atoms with van der Waals surface area (Å²) in [6, 6.07) is 0. The first-order valence-corrected chi connectivity index (χ1v) is 6.49. The van der Waals surface area contributed by atoms with E-state index in [1.54, 1.807) is 7.05 Å². The molecule has 2 heterocycles. The van der Waals surface area contributed by atoms with Crippen LogP contribution in [0.5, 0.6) is 0 Å². The van der Waals surface area contributed by atoms with E-state index in [2.05, 4.69) is 20.3 Å². The van der Waals surface area contributed by atoms with E-state index in [1.807, 2.05) is 11.9 Å². The van der Waals surface area contributed by atoms with Gasteiger partial charge in [-0.15, -0.1) is 0 Å². The van der Waals surface area contributed by atoms with E-state index in [9.17, 15) is 0 Å². The number of halogens is 1. The molecule has 0 aliphatic carbocycles. The molecule has 1 aliphatic rings. The molecule has 1 saturated heterocycles. The van der Waals surface area contributed by atoms with Gasteiger partial charge in [0.15, 0.2) is 0 Å². The van der Waals surface area contributed by atoms with E-state index >= 15 is 0 Å². The lowest BCUT2D eigenvalue weighted by molar-refractivity contribution is 0.0214. The van der Waals surface area contributed by atoms with Crippen LogP contribution in [-0.4, -0.2) is 48.3 Å². The highest BCUT2D eigenvalue weighted by atomic mass is 35.5. The molecule has 0 aromatic carbocycles. The van der Waals surface area contributed by atoms with Crippen molar-refractivity contribution in [3.63, 3.8) is 0 Å². The smallest absolute Gasteiger partial charge is 0.231 e. The molecule has 0 bridgehead atoms.